The van der Waals surface area contributed by atoms with Gasteiger partial charge in [0.15, 0.2) is 0 Å². The Morgan fingerprint density at radius 1 is 1.05 bits per heavy atom. The van der Waals surface area contributed by atoms with Crippen LogP contribution in [0.25, 0.3) is 0 Å². The summed E-state index contributed by atoms with van der Waals surface area (Å²) < 4.78 is 10.5. The molecule has 1 fully saturated rings. The number of methoxy groups -OCH3 is 2. The minimum atomic E-state index is 0.0573. The van der Waals surface area contributed by atoms with Crippen molar-refractivity contribution in [3.63, 3.8) is 0 Å². The summed E-state index contributed by atoms with van der Waals surface area (Å²) in [4.78, 5) is 14.8. The van der Waals surface area contributed by atoms with Crippen LogP contribution in [0.4, 0.5) is 0 Å². The van der Waals surface area contributed by atoms with Crippen molar-refractivity contribution in [2.75, 3.05) is 14.2 Å². The molecule has 4 nitrogen and oxygen atoms in total. The molecular weight excluding hydrogens is 254 g/mol. The van der Waals surface area contributed by atoms with E-state index >= 15 is 0 Å². The number of carbonyl (C=O) groups is 1. The maximum absolute atomic E-state index is 12.8. The Balaban J connectivity index is 2.32. The van der Waals surface area contributed by atoms with Gasteiger partial charge >= 0.3 is 0 Å². The number of amides is 1. The van der Waals surface area contributed by atoms with Gasteiger partial charge in [-0.25, -0.2) is 0 Å². The quantitative estimate of drug-likeness (QED) is 0.852. The van der Waals surface area contributed by atoms with Gasteiger partial charge in [0, 0.05) is 23.7 Å². The molecule has 1 aromatic carbocycles. The Hall–Kier alpha value is -1.71. The molecule has 4 heteroatoms. The molecule has 1 saturated heterocycles. The van der Waals surface area contributed by atoms with Crippen LogP contribution in [0.15, 0.2) is 18.2 Å². The number of ether oxygens (including phenoxy) is 2. The second kappa shape index (κ2) is 6.16. The standard InChI is InChI=1S/C16H23NO3/c1-11-6-5-7-12(2)17(11)16(18)13-8-14(19-3)10-15(9-13)20-4/h8-12H,5-7H2,1-4H3/t11-,12+. The fourth-order valence-electron chi connectivity index (χ4n) is 2.90. The number of benzene rings is 1. The van der Waals surface area contributed by atoms with E-state index in [1.165, 1.54) is 6.42 Å². The van der Waals surface area contributed by atoms with Crippen LogP contribution < -0.4 is 9.47 Å². The normalized spacial score (nSPS) is 22.5. The van der Waals surface area contributed by atoms with Crippen LogP contribution in [0.5, 0.6) is 11.5 Å². The fraction of sp³-hybridized carbons (Fsp3) is 0.562. The first-order valence-electron chi connectivity index (χ1n) is 7.12. The molecule has 2 atom stereocenters. The Kier molecular flexibility index (Phi) is 4.53. The van der Waals surface area contributed by atoms with E-state index in [0.717, 1.165) is 12.8 Å². The third-order valence-corrected chi connectivity index (χ3v) is 4.03. The number of nitrogens with zero attached hydrogens (tertiary/aromatic N) is 1. The van der Waals surface area contributed by atoms with Crippen molar-refractivity contribution in [2.45, 2.75) is 45.2 Å². The minimum absolute atomic E-state index is 0.0573. The number of likely N-dealkylation sites (tertiary alicyclic amines) is 1. The molecule has 1 aromatic rings. The zero-order chi connectivity index (χ0) is 14.7. The Morgan fingerprint density at radius 2 is 1.55 bits per heavy atom. The van der Waals surface area contributed by atoms with Gasteiger partial charge in [0.1, 0.15) is 11.5 Å². The van der Waals surface area contributed by atoms with Crippen molar-refractivity contribution in [1.82, 2.24) is 4.90 Å². The van der Waals surface area contributed by atoms with E-state index in [1.807, 2.05) is 4.90 Å². The molecule has 1 aliphatic heterocycles. The lowest BCUT2D eigenvalue weighted by atomic mass is 9.96. The molecule has 20 heavy (non-hydrogen) atoms. The SMILES string of the molecule is COc1cc(OC)cc(C(=O)N2[C@H](C)CCC[C@@H]2C)c1. The third kappa shape index (κ3) is 2.89. The lowest BCUT2D eigenvalue weighted by molar-refractivity contribution is 0.0510. The average molecular weight is 277 g/mol. The number of rotatable bonds is 3. The molecule has 0 radical (unpaired) electrons. The van der Waals surface area contributed by atoms with E-state index < -0.39 is 0 Å². The van der Waals surface area contributed by atoms with E-state index in [2.05, 4.69) is 13.8 Å². The first kappa shape index (κ1) is 14.7. The number of piperidine rings is 1. The molecule has 0 bridgehead atoms. The van der Waals surface area contributed by atoms with Gasteiger partial charge in [-0.15, -0.1) is 0 Å². The van der Waals surface area contributed by atoms with Crippen molar-refractivity contribution in [1.29, 1.82) is 0 Å². The summed E-state index contributed by atoms with van der Waals surface area (Å²) in [6.07, 6.45) is 3.32. The smallest absolute Gasteiger partial charge is 0.254 e. The van der Waals surface area contributed by atoms with E-state index in [1.54, 1.807) is 32.4 Å². The summed E-state index contributed by atoms with van der Waals surface area (Å²) in [5, 5.41) is 0. The zero-order valence-corrected chi connectivity index (χ0v) is 12.7. The molecule has 1 heterocycles. The average Bonchev–Trinajstić information content (AvgIpc) is 2.46. The first-order chi connectivity index (χ1) is 9.56. The Morgan fingerprint density at radius 3 is 2.00 bits per heavy atom. The highest BCUT2D eigenvalue weighted by molar-refractivity contribution is 5.95. The summed E-state index contributed by atoms with van der Waals surface area (Å²) in [6, 6.07) is 5.89. The fourth-order valence-corrected chi connectivity index (χ4v) is 2.90. The summed E-state index contributed by atoms with van der Waals surface area (Å²) in [5.74, 6) is 1.34. The van der Waals surface area contributed by atoms with Crippen LogP contribution in [0.1, 0.15) is 43.5 Å². The predicted octanol–water partition coefficient (Wildman–Crippen LogP) is 3.11. The molecule has 110 valence electrons. The highest BCUT2D eigenvalue weighted by Gasteiger charge is 2.30. The number of carbonyl (C=O) groups excluding carboxylic acids is 1. The van der Waals surface area contributed by atoms with Crippen LogP contribution in [0, 0.1) is 0 Å². The molecule has 0 aromatic heterocycles. The van der Waals surface area contributed by atoms with Gasteiger partial charge in [0.05, 0.1) is 14.2 Å². The second-order valence-corrected chi connectivity index (χ2v) is 5.44. The lowest BCUT2D eigenvalue weighted by Crippen LogP contribution is -2.47. The third-order valence-electron chi connectivity index (χ3n) is 4.03. The van der Waals surface area contributed by atoms with Gasteiger partial charge < -0.3 is 14.4 Å². The maximum Gasteiger partial charge on any atom is 0.254 e. The van der Waals surface area contributed by atoms with Crippen LogP contribution >= 0.6 is 0 Å². The topological polar surface area (TPSA) is 38.8 Å². The minimum Gasteiger partial charge on any atom is -0.497 e. The monoisotopic (exact) mass is 277 g/mol. The Bertz CT molecular complexity index is 454. The van der Waals surface area contributed by atoms with Crippen molar-refractivity contribution in [2.24, 2.45) is 0 Å². The van der Waals surface area contributed by atoms with Crippen LogP contribution in [-0.4, -0.2) is 37.1 Å². The van der Waals surface area contributed by atoms with Gasteiger partial charge in [-0.05, 0) is 45.2 Å². The molecule has 0 unspecified atom stereocenters. The number of hydrogen-bond donors (Lipinski definition) is 0. The molecule has 1 aliphatic rings. The van der Waals surface area contributed by atoms with Crippen molar-refractivity contribution < 1.29 is 14.3 Å². The van der Waals surface area contributed by atoms with Gasteiger partial charge in [0.2, 0.25) is 0 Å². The molecular formula is C16H23NO3. The molecule has 0 N–H and O–H groups in total. The van der Waals surface area contributed by atoms with Gasteiger partial charge in [-0.3, -0.25) is 4.79 Å². The lowest BCUT2D eigenvalue weighted by Gasteiger charge is -2.39. The first-order valence-corrected chi connectivity index (χ1v) is 7.12. The van der Waals surface area contributed by atoms with Crippen molar-refractivity contribution >= 4 is 5.91 Å². The van der Waals surface area contributed by atoms with Gasteiger partial charge in [0.25, 0.3) is 5.91 Å². The molecule has 2 rings (SSSR count). The zero-order valence-electron chi connectivity index (χ0n) is 12.7. The predicted molar refractivity (Wildman–Crippen MR) is 78.5 cm³/mol. The van der Waals surface area contributed by atoms with Crippen molar-refractivity contribution in [3.8, 4) is 11.5 Å². The number of hydrogen-bond acceptors (Lipinski definition) is 3. The highest BCUT2D eigenvalue weighted by Crippen LogP contribution is 2.28. The van der Waals surface area contributed by atoms with Gasteiger partial charge in [-0.1, -0.05) is 0 Å². The van der Waals surface area contributed by atoms with E-state index in [0.29, 0.717) is 17.1 Å². The summed E-state index contributed by atoms with van der Waals surface area (Å²) in [7, 11) is 3.18. The Labute approximate surface area is 120 Å². The molecule has 0 saturated carbocycles. The summed E-state index contributed by atoms with van der Waals surface area (Å²) >= 11 is 0. The largest absolute Gasteiger partial charge is 0.497 e. The van der Waals surface area contributed by atoms with Gasteiger partial charge in [-0.2, -0.15) is 0 Å². The van der Waals surface area contributed by atoms with Crippen LogP contribution in [0.2, 0.25) is 0 Å². The maximum atomic E-state index is 12.8. The van der Waals surface area contributed by atoms with E-state index in [9.17, 15) is 4.79 Å². The molecule has 1 amide bonds. The van der Waals surface area contributed by atoms with E-state index in [-0.39, 0.29) is 18.0 Å². The summed E-state index contributed by atoms with van der Waals surface area (Å²) in [6.45, 7) is 4.23. The van der Waals surface area contributed by atoms with Crippen LogP contribution in [0.3, 0.4) is 0 Å². The summed E-state index contributed by atoms with van der Waals surface area (Å²) in [5.41, 5.74) is 0.627. The van der Waals surface area contributed by atoms with E-state index in [4.69, 9.17) is 9.47 Å². The van der Waals surface area contributed by atoms with Crippen LogP contribution in [-0.2, 0) is 0 Å². The molecule has 0 spiro atoms. The molecule has 0 aliphatic carbocycles. The highest BCUT2D eigenvalue weighted by atomic mass is 16.5. The second-order valence-electron chi connectivity index (χ2n) is 5.44. The van der Waals surface area contributed by atoms with Crippen molar-refractivity contribution in [3.05, 3.63) is 23.8 Å².